The van der Waals surface area contributed by atoms with Gasteiger partial charge in [0.1, 0.15) is 35.8 Å². The molecule has 3 aromatic heterocycles. The topological polar surface area (TPSA) is 152 Å². The Bertz CT molecular complexity index is 1130. The third-order valence-corrected chi connectivity index (χ3v) is 5.80. The van der Waals surface area contributed by atoms with Crippen molar-refractivity contribution in [2.24, 2.45) is 0 Å². The lowest BCUT2D eigenvalue weighted by atomic mass is 10.1. The number of imidazole rings is 1. The molecule has 0 radical (unpaired) electrons. The number of aliphatic hydroxyl groups is 3. The molecule has 6 N–H and O–H groups in total. The van der Waals surface area contributed by atoms with E-state index in [9.17, 15) is 15.3 Å². The number of anilines is 1. The zero-order valence-electron chi connectivity index (χ0n) is 17.1. The van der Waals surface area contributed by atoms with Gasteiger partial charge >= 0.3 is 0 Å². The summed E-state index contributed by atoms with van der Waals surface area (Å²) in [5.41, 5.74) is 5.62. The van der Waals surface area contributed by atoms with E-state index in [2.05, 4.69) is 32.1 Å². The van der Waals surface area contributed by atoms with Crippen LogP contribution in [0.5, 0.6) is 0 Å². The minimum atomic E-state index is -1.15. The summed E-state index contributed by atoms with van der Waals surface area (Å²) in [6.45, 7) is 4.17. The second-order valence-electron chi connectivity index (χ2n) is 7.84. The summed E-state index contributed by atoms with van der Waals surface area (Å²) in [5.74, 6) is 5.98. The molecule has 4 atom stereocenters. The molecule has 31 heavy (non-hydrogen) atoms. The Morgan fingerprint density at radius 1 is 1.26 bits per heavy atom. The molecule has 1 aliphatic rings. The largest absolute Gasteiger partial charge is 0.387 e. The molecular formula is C20H24N6O4S. The van der Waals surface area contributed by atoms with Gasteiger partial charge in [0.05, 0.1) is 11.2 Å². The summed E-state index contributed by atoms with van der Waals surface area (Å²) in [5, 5.41) is 33.9. The fourth-order valence-corrected chi connectivity index (χ4v) is 4.11. The van der Waals surface area contributed by atoms with E-state index in [-0.39, 0.29) is 5.82 Å². The van der Waals surface area contributed by atoms with Crippen molar-refractivity contribution in [1.29, 1.82) is 0 Å². The van der Waals surface area contributed by atoms with Crippen LogP contribution < -0.4 is 11.1 Å². The van der Waals surface area contributed by atoms with Crippen LogP contribution in [0, 0.1) is 11.8 Å². The van der Waals surface area contributed by atoms with Crippen LogP contribution in [0.25, 0.3) is 11.2 Å². The highest BCUT2D eigenvalue weighted by Gasteiger charge is 2.44. The lowest BCUT2D eigenvalue weighted by Gasteiger charge is -2.16. The van der Waals surface area contributed by atoms with Crippen molar-refractivity contribution < 1.29 is 20.1 Å². The molecule has 10 nitrogen and oxygen atoms in total. The predicted molar refractivity (Wildman–Crippen MR) is 115 cm³/mol. The van der Waals surface area contributed by atoms with Gasteiger partial charge in [-0.3, -0.25) is 4.57 Å². The molecule has 0 bridgehead atoms. The number of hydrogen-bond donors (Lipinski definition) is 5. The summed E-state index contributed by atoms with van der Waals surface area (Å²) in [6, 6.07) is 3.86. The Morgan fingerprint density at radius 3 is 2.84 bits per heavy atom. The van der Waals surface area contributed by atoms with Gasteiger partial charge in [-0.25, -0.2) is 15.0 Å². The van der Waals surface area contributed by atoms with Crippen LogP contribution in [0.1, 0.15) is 29.8 Å². The van der Waals surface area contributed by atoms with Crippen molar-refractivity contribution in [3.05, 3.63) is 34.5 Å². The number of nitrogen functional groups attached to an aromatic ring is 1. The summed E-state index contributed by atoms with van der Waals surface area (Å²) in [4.78, 5) is 14.2. The molecule has 4 rings (SSSR count). The predicted octanol–water partition coefficient (Wildman–Crippen LogP) is 0.00140. The maximum absolute atomic E-state index is 10.5. The zero-order chi connectivity index (χ0) is 22.2. The number of nitrogens with zero attached hydrogens (tertiary/aromatic N) is 4. The molecule has 1 saturated heterocycles. The van der Waals surface area contributed by atoms with Crippen LogP contribution >= 0.6 is 11.3 Å². The van der Waals surface area contributed by atoms with Crippen LogP contribution in [-0.4, -0.2) is 65.3 Å². The average Bonchev–Trinajstić information content (AvgIpc) is 3.41. The highest BCUT2D eigenvalue weighted by Crippen LogP contribution is 2.31. The van der Waals surface area contributed by atoms with Gasteiger partial charge < -0.3 is 31.1 Å². The number of rotatable bonds is 5. The van der Waals surface area contributed by atoms with E-state index in [0.29, 0.717) is 24.3 Å². The normalized spacial score (nSPS) is 23.8. The molecule has 11 heteroatoms. The van der Waals surface area contributed by atoms with Gasteiger partial charge in [-0.1, -0.05) is 11.8 Å². The average molecular weight is 445 g/mol. The Balaban J connectivity index is 1.37. The van der Waals surface area contributed by atoms with Crippen molar-refractivity contribution in [2.75, 3.05) is 12.3 Å². The van der Waals surface area contributed by atoms with Crippen molar-refractivity contribution >= 4 is 28.3 Å². The zero-order valence-corrected chi connectivity index (χ0v) is 17.9. The third kappa shape index (κ3) is 4.69. The summed E-state index contributed by atoms with van der Waals surface area (Å²) in [7, 11) is 0. The highest BCUT2D eigenvalue weighted by atomic mass is 32.1. The van der Waals surface area contributed by atoms with Crippen LogP contribution in [0.15, 0.2) is 24.8 Å². The number of aromatic nitrogens is 4. The van der Waals surface area contributed by atoms with Gasteiger partial charge in [0.2, 0.25) is 0 Å². The van der Waals surface area contributed by atoms with Gasteiger partial charge in [0.15, 0.2) is 17.7 Å². The molecule has 0 aliphatic carbocycles. The molecule has 0 saturated carbocycles. The lowest BCUT2D eigenvalue weighted by molar-refractivity contribution is -0.0342. The third-order valence-electron chi connectivity index (χ3n) is 4.80. The molecule has 1 fully saturated rings. The minimum absolute atomic E-state index is 0.234. The number of hydrogen-bond acceptors (Lipinski definition) is 10. The Kier molecular flexibility index (Phi) is 5.94. The van der Waals surface area contributed by atoms with E-state index in [1.807, 2.05) is 12.1 Å². The SMILES string of the molecule is CC(C)(O)C#Cc1ccc(CNC[C@H]2O[C@@H](n3cnc4c(N)ncnc43)[C@H](O)[C@@H]2O)s1. The van der Waals surface area contributed by atoms with E-state index in [1.54, 1.807) is 18.4 Å². The Hall–Kier alpha value is -2.59. The van der Waals surface area contributed by atoms with Gasteiger partial charge in [-0.15, -0.1) is 11.3 Å². The Labute approximate surface area is 182 Å². The first-order chi connectivity index (χ1) is 14.7. The smallest absolute Gasteiger partial charge is 0.167 e. The number of thiophene rings is 1. The van der Waals surface area contributed by atoms with Crippen LogP contribution in [0.3, 0.4) is 0 Å². The Morgan fingerprint density at radius 2 is 2.06 bits per heavy atom. The standard InChI is InChI=1S/C20H24N6O4S/c1-20(2,29)6-5-11-3-4-12(31-11)7-22-8-13-15(27)16(28)19(30-13)26-10-25-14-17(21)23-9-24-18(14)26/h3-4,9-10,13,15-16,19,22,27-29H,7-8H2,1-2H3,(H2,21,23,24)/t13-,15-,16-,19-/m1/s1. The highest BCUT2D eigenvalue weighted by molar-refractivity contribution is 7.12. The van der Waals surface area contributed by atoms with Gasteiger partial charge in [-0.05, 0) is 26.0 Å². The van der Waals surface area contributed by atoms with Crippen molar-refractivity contribution in [1.82, 2.24) is 24.8 Å². The number of fused-ring (bicyclic) bond motifs is 1. The molecular weight excluding hydrogens is 420 g/mol. The van der Waals surface area contributed by atoms with Crippen molar-refractivity contribution in [3.63, 3.8) is 0 Å². The molecule has 0 aromatic carbocycles. The van der Waals surface area contributed by atoms with Gasteiger partial charge in [0, 0.05) is 18.0 Å². The quantitative estimate of drug-likeness (QED) is 0.342. The maximum atomic E-state index is 10.5. The molecule has 0 spiro atoms. The fourth-order valence-electron chi connectivity index (χ4n) is 3.28. The monoisotopic (exact) mass is 444 g/mol. The fraction of sp³-hybridized carbons (Fsp3) is 0.450. The molecule has 1 aliphatic heterocycles. The number of nitrogens with one attached hydrogen (secondary N) is 1. The molecule has 164 valence electrons. The first-order valence-corrected chi connectivity index (χ1v) is 10.5. The summed E-state index contributed by atoms with van der Waals surface area (Å²) in [6.07, 6.45) is -0.906. The van der Waals surface area contributed by atoms with E-state index in [4.69, 9.17) is 10.5 Å². The lowest BCUT2D eigenvalue weighted by Crippen LogP contribution is -2.37. The molecule has 0 unspecified atom stereocenters. The van der Waals surface area contributed by atoms with Crippen molar-refractivity contribution in [3.8, 4) is 11.8 Å². The minimum Gasteiger partial charge on any atom is -0.387 e. The van der Waals surface area contributed by atoms with Crippen LogP contribution in [0.2, 0.25) is 0 Å². The number of aliphatic hydroxyl groups excluding tert-OH is 2. The van der Waals surface area contributed by atoms with E-state index >= 15 is 0 Å². The molecule has 0 amide bonds. The maximum Gasteiger partial charge on any atom is 0.167 e. The van der Waals surface area contributed by atoms with Gasteiger partial charge in [0.25, 0.3) is 0 Å². The van der Waals surface area contributed by atoms with E-state index < -0.39 is 30.1 Å². The first-order valence-electron chi connectivity index (χ1n) is 9.72. The van der Waals surface area contributed by atoms with Crippen molar-refractivity contribution in [2.45, 2.75) is 50.5 Å². The van der Waals surface area contributed by atoms with Crippen LogP contribution in [0.4, 0.5) is 5.82 Å². The molecule has 4 heterocycles. The van der Waals surface area contributed by atoms with E-state index in [1.165, 1.54) is 24.0 Å². The number of ether oxygens (including phenoxy) is 1. The van der Waals surface area contributed by atoms with Gasteiger partial charge in [-0.2, -0.15) is 0 Å². The summed E-state index contributed by atoms with van der Waals surface area (Å²) >= 11 is 1.52. The van der Waals surface area contributed by atoms with E-state index in [0.717, 1.165) is 9.75 Å². The second-order valence-corrected chi connectivity index (χ2v) is 9.00. The second kappa shape index (κ2) is 8.51. The summed E-state index contributed by atoms with van der Waals surface area (Å²) < 4.78 is 7.46. The van der Waals surface area contributed by atoms with Crippen LogP contribution in [-0.2, 0) is 11.3 Å². The molecule has 3 aromatic rings. The number of nitrogens with two attached hydrogens (primary N) is 1. The first kappa shape index (κ1) is 21.6.